The molecule has 20 heavy (non-hydrogen) atoms. The number of anilines is 1. The van der Waals surface area contributed by atoms with Gasteiger partial charge in [-0.25, -0.2) is 9.78 Å². The maximum absolute atomic E-state index is 11.5. The van der Waals surface area contributed by atoms with Gasteiger partial charge in [0, 0.05) is 17.5 Å². The summed E-state index contributed by atoms with van der Waals surface area (Å²) in [4.78, 5) is 18.0. The van der Waals surface area contributed by atoms with Gasteiger partial charge in [-0.3, -0.25) is 0 Å². The molecule has 0 saturated carbocycles. The highest BCUT2D eigenvalue weighted by atomic mass is 32.1. The van der Waals surface area contributed by atoms with Crippen LogP contribution in [0.5, 0.6) is 0 Å². The Morgan fingerprint density at radius 2 is 2.30 bits per heavy atom. The molecular weight excluding hydrogens is 272 g/mol. The molecule has 0 bridgehead atoms. The normalized spacial score (nSPS) is 17.2. The quantitative estimate of drug-likeness (QED) is 0.940. The zero-order valence-corrected chi connectivity index (χ0v) is 12.1. The number of hydrogen-bond donors (Lipinski definition) is 1. The number of benzene rings is 1. The van der Waals surface area contributed by atoms with E-state index in [1.54, 1.807) is 11.3 Å². The predicted octanol–water partition coefficient (Wildman–Crippen LogP) is 2.72. The van der Waals surface area contributed by atoms with Crippen molar-refractivity contribution in [2.75, 3.05) is 4.90 Å². The van der Waals surface area contributed by atoms with Gasteiger partial charge >= 0.3 is 5.97 Å². The summed E-state index contributed by atoms with van der Waals surface area (Å²) in [7, 11) is 0. The molecule has 1 atom stereocenters. The monoisotopic (exact) mass is 288 g/mol. The lowest BCUT2D eigenvalue weighted by Crippen LogP contribution is -2.38. The number of hydrogen-bond acceptors (Lipinski definition) is 4. The second-order valence-corrected chi connectivity index (χ2v) is 5.84. The zero-order chi connectivity index (χ0) is 14.1. The number of thiazole rings is 1. The van der Waals surface area contributed by atoms with Gasteiger partial charge in [0.2, 0.25) is 0 Å². The number of carboxylic acid groups (broad SMARTS) is 1. The second-order valence-electron chi connectivity index (χ2n) is 4.90. The largest absolute Gasteiger partial charge is 0.480 e. The molecule has 1 aliphatic heterocycles. The average molecular weight is 288 g/mol. The first kappa shape index (κ1) is 13.1. The maximum atomic E-state index is 11.5. The highest BCUT2D eigenvalue weighted by Gasteiger charge is 2.34. The van der Waals surface area contributed by atoms with Gasteiger partial charge in [0.05, 0.1) is 17.2 Å². The Labute approximate surface area is 121 Å². The molecule has 0 aliphatic carbocycles. The van der Waals surface area contributed by atoms with Crippen LogP contribution in [-0.2, 0) is 24.2 Å². The Morgan fingerprint density at radius 3 is 3.00 bits per heavy atom. The number of aromatic nitrogens is 1. The van der Waals surface area contributed by atoms with Crippen LogP contribution in [0.15, 0.2) is 29.6 Å². The summed E-state index contributed by atoms with van der Waals surface area (Å²) in [5, 5.41) is 12.5. The number of carboxylic acids is 1. The first-order valence-corrected chi connectivity index (χ1v) is 7.57. The van der Waals surface area contributed by atoms with Gasteiger partial charge in [-0.15, -0.1) is 11.3 Å². The van der Waals surface area contributed by atoms with Crippen LogP contribution >= 0.6 is 11.3 Å². The van der Waals surface area contributed by atoms with E-state index in [0.29, 0.717) is 13.0 Å². The van der Waals surface area contributed by atoms with E-state index in [1.165, 1.54) is 0 Å². The molecule has 0 amide bonds. The van der Waals surface area contributed by atoms with Crippen molar-refractivity contribution in [2.45, 2.75) is 32.4 Å². The molecule has 1 aliphatic rings. The number of nitrogens with zero attached hydrogens (tertiary/aromatic N) is 2. The fourth-order valence-electron chi connectivity index (χ4n) is 2.62. The molecule has 1 aromatic heterocycles. The van der Waals surface area contributed by atoms with Crippen molar-refractivity contribution in [3.63, 3.8) is 0 Å². The summed E-state index contributed by atoms with van der Waals surface area (Å²) < 4.78 is 0. The van der Waals surface area contributed by atoms with Crippen molar-refractivity contribution >= 4 is 23.0 Å². The van der Waals surface area contributed by atoms with Crippen LogP contribution in [0.1, 0.15) is 23.2 Å². The summed E-state index contributed by atoms with van der Waals surface area (Å²) >= 11 is 1.64. The topological polar surface area (TPSA) is 53.4 Å². The molecule has 0 fully saturated rings. The van der Waals surface area contributed by atoms with E-state index in [2.05, 4.69) is 11.9 Å². The summed E-state index contributed by atoms with van der Waals surface area (Å²) in [6.07, 6.45) is 1.49. The standard InChI is InChI=1S/C15H16N2O2S/c1-2-14-16-11(9-20-14)8-17-12-6-4-3-5-10(12)7-13(17)15(18)19/h3-6,9,13H,2,7-8H2,1H3,(H,18,19). The van der Waals surface area contributed by atoms with Crippen LogP contribution in [0.2, 0.25) is 0 Å². The molecule has 5 heteroatoms. The van der Waals surface area contributed by atoms with E-state index in [1.807, 2.05) is 34.5 Å². The second kappa shape index (κ2) is 5.25. The highest BCUT2D eigenvalue weighted by molar-refractivity contribution is 7.09. The minimum absolute atomic E-state index is 0.487. The summed E-state index contributed by atoms with van der Waals surface area (Å²) in [5.41, 5.74) is 3.08. The van der Waals surface area contributed by atoms with Crippen LogP contribution in [0.3, 0.4) is 0 Å². The number of aryl methyl sites for hydroxylation is 1. The van der Waals surface area contributed by atoms with E-state index in [-0.39, 0.29) is 0 Å². The third-order valence-electron chi connectivity index (χ3n) is 3.61. The molecule has 0 saturated heterocycles. The van der Waals surface area contributed by atoms with E-state index in [9.17, 15) is 9.90 Å². The minimum Gasteiger partial charge on any atom is -0.480 e. The Kier molecular flexibility index (Phi) is 3.44. The molecular formula is C15H16N2O2S. The Balaban J connectivity index is 1.90. The van der Waals surface area contributed by atoms with Crippen molar-refractivity contribution in [1.29, 1.82) is 0 Å². The van der Waals surface area contributed by atoms with Gasteiger partial charge in [-0.1, -0.05) is 25.1 Å². The number of para-hydroxylation sites is 1. The Bertz CT molecular complexity index is 638. The molecule has 1 N–H and O–H groups in total. The van der Waals surface area contributed by atoms with Gasteiger partial charge < -0.3 is 10.0 Å². The molecule has 3 rings (SSSR count). The van der Waals surface area contributed by atoms with Crippen molar-refractivity contribution in [2.24, 2.45) is 0 Å². The zero-order valence-electron chi connectivity index (χ0n) is 11.2. The van der Waals surface area contributed by atoms with Crippen molar-refractivity contribution < 1.29 is 9.90 Å². The molecule has 4 nitrogen and oxygen atoms in total. The summed E-state index contributed by atoms with van der Waals surface area (Å²) in [6, 6.07) is 7.42. The van der Waals surface area contributed by atoms with Crippen LogP contribution in [-0.4, -0.2) is 22.1 Å². The minimum atomic E-state index is -0.771. The number of fused-ring (bicyclic) bond motifs is 1. The van der Waals surface area contributed by atoms with Crippen LogP contribution in [0.25, 0.3) is 0 Å². The van der Waals surface area contributed by atoms with Gasteiger partial charge in [-0.05, 0) is 18.1 Å². The molecule has 0 radical (unpaired) electrons. The van der Waals surface area contributed by atoms with E-state index >= 15 is 0 Å². The van der Waals surface area contributed by atoms with E-state index < -0.39 is 12.0 Å². The number of aliphatic carboxylic acids is 1. The lowest BCUT2D eigenvalue weighted by Gasteiger charge is -2.23. The van der Waals surface area contributed by atoms with Crippen molar-refractivity contribution in [1.82, 2.24) is 4.98 Å². The fraction of sp³-hybridized carbons (Fsp3) is 0.333. The average Bonchev–Trinajstić information content (AvgIpc) is 3.04. The number of rotatable bonds is 4. The molecule has 2 aromatic rings. The molecule has 1 aromatic carbocycles. The Morgan fingerprint density at radius 1 is 1.50 bits per heavy atom. The first-order valence-electron chi connectivity index (χ1n) is 6.69. The highest BCUT2D eigenvalue weighted by Crippen LogP contribution is 2.33. The lowest BCUT2D eigenvalue weighted by atomic mass is 10.1. The fourth-order valence-corrected chi connectivity index (χ4v) is 3.36. The summed E-state index contributed by atoms with van der Waals surface area (Å²) in [6.45, 7) is 2.64. The first-order chi connectivity index (χ1) is 9.69. The predicted molar refractivity (Wildman–Crippen MR) is 79.2 cm³/mol. The van der Waals surface area contributed by atoms with Crippen LogP contribution in [0, 0.1) is 0 Å². The van der Waals surface area contributed by atoms with Gasteiger partial charge in [0.1, 0.15) is 6.04 Å². The molecule has 104 valence electrons. The lowest BCUT2D eigenvalue weighted by molar-refractivity contribution is -0.138. The smallest absolute Gasteiger partial charge is 0.326 e. The van der Waals surface area contributed by atoms with Crippen molar-refractivity contribution in [3.8, 4) is 0 Å². The SMILES string of the molecule is CCc1nc(CN2c3ccccc3CC2C(=O)O)cs1. The number of carbonyl (C=O) groups is 1. The van der Waals surface area contributed by atoms with Gasteiger partial charge in [0.25, 0.3) is 0 Å². The Hall–Kier alpha value is -1.88. The van der Waals surface area contributed by atoms with Crippen LogP contribution in [0.4, 0.5) is 5.69 Å². The third-order valence-corrected chi connectivity index (χ3v) is 4.65. The third kappa shape index (κ3) is 2.29. The molecule has 2 heterocycles. The van der Waals surface area contributed by atoms with E-state index in [4.69, 9.17) is 0 Å². The maximum Gasteiger partial charge on any atom is 0.326 e. The van der Waals surface area contributed by atoms with Crippen LogP contribution < -0.4 is 4.90 Å². The summed E-state index contributed by atoms with van der Waals surface area (Å²) in [5.74, 6) is -0.771. The van der Waals surface area contributed by atoms with Crippen molar-refractivity contribution in [3.05, 3.63) is 45.9 Å². The van der Waals surface area contributed by atoms with Gasteiger partial charge in [0.15, 0.2) is 0 Å². The van der Waals surface area contributed by atoms with Gasteiger partial charge in [-0.2, -0.15) is 0 Å². The molecule has 1 unspecified atom stereocenters. The van der Waals surface area contributed by atoms with E-state index in [0.717, 1.165) is 28.4 Å². The molecule has 0 spiro atoms.